The van der Waals surface area contributed by atoms with E-state index in [0.717, 1.165) is 23.3 Å². The number of hydrogen-bond donors (Lipinski definition) is 1. The van der Waals surface area contributed by atoms with Crippen molar-refractivity contribution in [3.05, 3.63) is 53.6 Å². The summed E-state index contributed by atoms with van der Waals surface area (Å²) in [7, 11) is 0. The molecule has 1 aliphatic rings. The van der Waals surface area contributed by atoms with Crippen molar-refractivity contribution < 1.29 is 9.84 Å². The van der Waals surface area contributed by atoms with Crippen LogP contribution < -0.4 is 4.74 Å². The quantitative estimate of drug-likeness (QED) is 0.601. The van der Waals surface area contributed by atoms with Gasteiger partial charge in [-0.25, -0.2) is 0 Å². The zero-order chi connectivity index (χ0) is 10.3. The van der Waals surface area contributed by atoms with Crippen LogP contribution in [0, 0.1) is 0 Å². The van der Waals surface area contributed by atoms with Crippen LogP contribution in [0.25, 0.3) is 0 Å². The third-order valence-corrected chi connectivity index (χ3v) is 2.64. The Kier molecular flexibility index (Phi) is 1.68. The van der Waals surface area contributed by atoms with Crippen molar-refractivity contribution in [1.82, 2.24) is 0 Å². The van der Waals surface area contributed by atoms with Gasteiger partial charge in [0, 0.05) is 12.0 Å². The van der Waals surface area contributed by atoms with Gasteiger partial charge in [-0.3, -0.25) is 0 Å². The number of rotatable bonds is 0. The molecule has 3 rings (SSSR count). The highest BCUT2D eigenvalue weighted by atomic mass is 16.5. The summed E-state index contributed by atoms with van der Waals surface area (Å²) in [5, 5.41) is 9.66. The van der Waals surface area contributed by atoms with Crippen LogP contribution in [0.1, 0.15) is 11.1 Å². The summed E-state index contributed by atoms with van der Waals surface area (Å²) in [6, 6.07) is 13.4. The average Bonchev–Trinajstić information content (AvgIpc) is 2.27. The molecule has 0 fully saturated rings. The Hall–Kier alpha value is -1.96. The minimum absolute atomic E-state index is 0.210. The predicted octanol–water partition coefficient (Wildman–Crippen LogP) is 3.09. The maximum Gasteiger partial charge on any atom is 0.172 e. The number of aromatic hydroxyl groups is 1. The number of para-hydroxylation sites is 2. The van der Waals surface area contributed by atoms with Gasteiger partial charge in [-0.15, -0.1) is 0 Å². The number of hydrogen-bond acceptors (Lipinski definition) is 2. The van der Waals surface area contributed by atoms with Crippen molar-refractivity contribution in [1.29, 1.82) is 0 Å². The van der Waals surface area contributed by atoms with Crippen molar-refractivity contribution in [2.45, 2.75) is 6.42 Å². The molecule has 1 aliphatic heterocycles. The Morgan fingerprint density at radius 3 is 2.67 bits per heavy atom. The lowest BCUT2D eigenvalue weighted by atomic mass is 10.0. The zero-order valence-corrected chi connectivity index (χ0v) is 8.10. The summed E-state index contributed by atoms with van der Waals surface area (Å²) in [5.41, 5.74) is 2.20. The monoisotopic (exact) mass is 198 g/mol. The van der Waals surface area contributed by atoms with Gasteiger partial charge in [-0.1, -0.05) is 30.3 Å². The molecular weight excluding hydrogens is 188 g/mol. The van der Waals surface area contributed by atoms with Crippen molar-refractivity contribution in [2.75, 3.05) is 0 Å². The van der Waals surface area contributed by atoms with Crippen LogP contribution in [0.2, 0.25) is 0 Å². The Morgan fingerprint density at radius 1 is 0.933 bits per heavy atom. The number of phenols is 1. The van der Waals surface area contributed by atoms with Crippen molar-refractivity contribution >= 4 is 0 Å². The lowest BCUT2D eigenvalue weighted by Gasteiger charge is -2.20. The normalized spacial score (nSPS) is 12.5. The van der Waals surface area contributed by atoms with Gasteiger partial charge < -0.3 is 9.84 Å². The first-order chi connectivity index (χ1) is 7.34. The summed E-state index contributed by atoms with van der Waals surface area (Å²) in [4.78, 5) is 0. The topological polar surface area (TPSA) is 29.5 Å². The van der Waals surface area contributed by atoms with E-state index in [1.54, 1.807) is 6.07 Å². The molecule has 0 radical (unpaired) electrons. The molecule has 0 saturated heterocycles. The zero-order valence-electron chi connectivity index (χ0n) is 8.10. The number of ether oxygens (including phenoxy) is 1. The van der Waals surface area contributed by atoms with Gasteiger partial charge in [0.25, 0.3) is 0 Å². The molecule has 0 spiro atoms. The van der Waals surface area contributed by atoms with E-state index in [4.69, 9.17) is 4.74 Å². The smallest absolute Gasteiger partial charge is 0.172 e. The molecular formula is C13H10O2. The van der Waals surface area contributed by atoms with Gasteiger partial charge in [0.15, 0.2) is 11.5 Å². The SMILES string of the molecule is Oc1cccc2c1Oc1ccccc1C2. The molecule has 2 aromatic carbocycles. The summed E-state index contributed by atoms with van der Waals surface area (Å²) in [6.45, 7) is 0. The molecule has 2 nitrogen and oxygen atoms in total. The molecule has 0 unspecified atom stereocenters. The molecule has 1 heterocycles. The molecule has 2 heteroatoms. The second-order valence-electron chi connectivity index (χ2n) is 3.65. The molecule has 0 amide bonds. The summed E-state index contributed by atoms with van der Waals surface area (Å²) < 4.78 is 5.66. The van der Waals surface area contributed by atoms with Gasteiger partial charge in [-0.05, 0) is 17.7 Å². The van der Waals surface area contributed by atoms with Crippen LogP contribution in [0.5, 0.6) is 17.2 Å². The third kappa shape index (κ3) is 1.26. The summed E-state index contributed by atoms with van der Waals surface area (Å²) in [5.74, 6) is 1.64. The van der Waals surface area contributed by atoms with E-state index >= 15 is 0 Å². The lowest BCUT2D eigenvalue weighted by Crippen LogP contribution is -2.02. The van der Waals surface area contributed by atoms with Gasteiger partial charge in [0.1, 0.15) is 5.75 Å². The third-order valence-electron chi connectivity index (χ3n) is 2.64. The van der Waals surface area contributed by atoms with E-state index in [2.05, 4.69) is 0 Å². The van der Waals surface area contributed by atoms with Crippen LogP contribution in [0.3, 0.4) is 0 Å². The summed E-state index contributed by atoms with van der Waals surface area (Å²) >= 11 is 0. The highest BCUT2D eigenvalue weighted by Gasteiger charge is 2.18. The van der Waals surface area contributed by atoms with Crippen LogP contribution in [-0.4, -0.2) is 5.11 Å². The van der Waals surface area contributed by atoms with E-state index < -0.39 is 0 Å². The molecule has 0 bridgehead atoms. The molecule has 0 atom stereocenters. The van der Waals surface area contributed by atoms with Gasteiger partial charge in [0.05, 0.1) is 0 Å². The fraction of sp³-hybridized carbons (Fsp3) is 0.0769. The molecule has 2 aromatic rings. The van der Waals surface area contributed by atoms with Crippen LogP contribution in [-0.2, 0) is 6.42 Å². The Labute approximate surface area is 87.8 Å². The minimum Gasteiger partial charge on any atom is -0.504 e. The molecule has 0 saturated carbocycles. The molecule has 0 aliphatic carbocycles. The Bertz CT molecular complexity index is 518. The standard InChI is InChI=1S/C13H10O2/c14-11-6-3-5-10-8-9-4-1-2-7-12(9)15-13(10)11/h1-7,14H,8H2. The second-order valence-corrected chi connectivity index (χ2v) is 3.65. The largest absolute Gasteiger partial charge is 0.504 e. The van der Waals surface area contributed by atoms with Crippen molar-refractivity contribution in [2.24, 2.45) is 0 Å². The predicted molar refractivity (Wildman–Crippen MR) is 57.4 cm³/mol. The van der Waals surface area contributed by atoms with Crippen LogP contribution in [0.15, 0.2) is 42.5 Å². The lowest BCUT2D eigenvalue weighted by molar-refractivity contribution is 0.399. The first-order valence-electron chi connectivity index (χ1n) is 4.91. The van der Waals surface area contributed by atoms with E-state index in [9.17, 15) is 5.11 Å². The fourth-order valence-electron chi connectivity index (χ4n) is 1.89. The fourth-order valence-corrected chi connectivity index (χ4v) is 1.89. The molecule has 74 valence electrons. The Morgan fingerprint density at radius 2 is 1.73 bits per heavy atom. The highest BCUT2D eigenvalue weighted by Crippen LogP contribution is 2.41. The number of benzene rings is 2. The van der Waals surface area contributed by atoms with E-state index in [-0.39, 0.29) is 5.75 Å². The van der Waals surface area contributed by atoms with Gasteiger partial charge >= 0.3 is 0 Å². The molecule has 0 aromatic heterocycles. The number of phenolic OH excluding ortho intramolecular Hbond substituents is 1. The van der Waals surface area contributed by atoms with Crippen LogP contribution >= 0.6 is 0 Å². The van der Waals surface area contributed by atoms with Gasteiger partial charge in [-0.2, -0.15) is 0 Å². The van der Waals surface area contributed by atoms with Crippen molar-refractivity contribution in [3.63, 3.8) is 0 Å². The van der Waals surface area contributed by atoms with Gasteiger partial charge in [0.2, 0.25) is 0 Å². The first-order valence-corrected chi connectivity index (χ1v) is 4.91. The Balaban J connectivity index is 2.15. The number of fused-ring (bicyclic) bond motifs is 2. The van der Waals surface area contributed by atoms with E-state index in [0.29, 0.717) is 5.75 Å². The minimum atomic E-state index is 0.210. The summed E-state index contributed by atoms with van der Waals surface area (Å²) in [6.07, 6.45) is 0.819. The highest BCUT2D eigenvalue weighted by molar-refractivity contribution is 5.55. The maximum atomic E-state index is 9.66. The van der Waals surface area contributed by atoms with Crippen molar-refractivity contribution in [3.8, 4) is 17.2 Å². The van der Waals surface area contributed by atoms with Crippen LogP contribution in [0.4, 0.5) is 0 Å². The molecule has 1 N–H and O–H groups in total. The van der Waals surface area contributed by atoms with E-state index in [1.807, 2.05) is 36.4 Å². The average molecular weight is 198 g/mol. The maximum absolute atomic E-state index is 9.66. The van der Waals surface area contributed by atoms with E-state index in [1.165, 1.54) is 0 Å². The molecule has 15 heavy (non-hydrogen) atoms. The first kappa shape index (κ1) is 8.36. The second kappa shape index (κ2) is 3.02.